The van der Waals surface area contributed by atoms with Crippen LogP contribution in [-0.2, 0) is 31.3 Å². The number of aromatic nitrogens is 6. The third-order valence-corrected chi connectivity index (χ3v) is 9.98. The van der Waals surface area contributed by atoms with Crippen LogP contribution in [-0.4, -0.2) is 82.6 Å². The number of carboxylic acids is 1. The second kappa shape index (κ2) is 12.8. The molecule has 0 spiro atoms. The van der Waals surface area contributed by atoms with Crippen molar-refractivity contribution in [1.29, 1.82) is 0 Å². The molecule has 5 rings (SSSR count). The first-order valence-corrected chi connectivity index (χ1v) is 16.1. The summed E-state index contributed by atoms with van der Waals surface area (Å²) in [5, 5.41) is 26.6. The van der Waals surface area contributed by atoms with Crippen molar-refractivity contribution in [3.8, 4) is 22.5 Å². The number of primary sulfonamides is 1. The zero-order valence-corrected chi connectivity index (χ0v) is 25.2. The fraction of sp³-hybridized carbons (Fsp3) is 0.167. The van der Waals surface area contributed by atoms with E-state index in [0.29, 0.717) is 28.2 Å². The number of aromatic amines is 1. The number of H-pyrrole nitrogens is 1. The van der Waals surface area contributed by atoms with Crippen LogP contribution in [0, 0.1) is 0 Å². The van der Waals surface area contributed by atoms with E-state index in [9.17, 15) is 30.0 Å². The number of carboxylic acid groups (broad SMARTS) is 1. The fourth-order valence-electron chi connectivity index (χ4n) is 4.08. The van der Waals surface area contributed by atoms with E-state index in [1.165, 1.54) is 30.5 Å². The minimum absolute atomic E-state index is 0.0781. The smallest absolute Gasteiger partial charge is 0.475 e. The lowest BCUT2D eigenvalue weighted by Gasteiger charge is -2.21. The van der Waals surface area contributed by atoms with Crippen molar-refractivity contribution in [2.75, 3.05) is 19.3 Å². The highest BCUT2D eigenvalue weighted by atomic mass is 32.2. The second-order valence-electron chi connectivity index (χ2n) is 9.05. The van der Waals surface area contributed by atoms with E-state index >= 15 is 0 Å². The number of nitrogens with one attached hydrogen (secondary N) is 1. The Hall–Kier alpha value is -4.57. The number of nitrogens with two attached hydrogens (primary N) is 2. The highest BCUT2D eigenvalue weighted by molar-refractivity contribution is 7.92. The molecule has 3 aromatic heterocycles. The van der Waals surface area contributed by atoms with Gasteiger partial charge in [0.25, 0.3) is 0 Å². The minimum Gasteiger partial charge on any atom is -0.475 e. The van der Waals surface area contributed by atoms with Crippen molar-refractivity contribution in [2.45, 2.75) is 22.4 Å². The van der Waals surface area contributed by atoms with Crippen LogP contribution >= 0.6 is 11.3 Å². The molecule has 0 saturated heterocycles. The first kappa shape index (κ1) is 33.3. The van der Waals surface area contributed by atoms with Gasteiger partial charge in [0.15, 0.2) is 11.0 Å². The molecule has 238 valence electrons. The van der Waals surface area contributed by atoms with E-state index < -0.39 is 42.0 Å². The number of anilines is 1. The molecule has 5 aromatic rings. The lowest BCUT2D eigenvalue weighted by Crippen LogP contribution is -2.31. The number of likely N-dealkylation sites (N-methyl/N-ethyl adjacent to an activating group) is 1. The van der Waals surface area contributed by atoms with Gasteiger partial charge in [0.1, 0.15) is 9.79 Å². The van der Waals surface area contributed by atoms with Gasteiger partial charge in [0.05, 0.1) is 15.8 Å². The molecule has 6 N–H and O–H groups in total. The molecular weight excluding hydrogens is 664 g/mol. The lowest BCUT2D eigenvalue weighted by atomic mass is 9.98. The third kappa shape index (κ3) is 7.39. The molecule has 0 aliphatic carbocycles. The number of hydrogen-bond acceptors (Lipinski definition) is 12. The van der Waals surface area contributed by atoms with E-state index in [1.807, 2.05) is 6.07 Å². The Morgan fingerprint density at radius 3 is 2.31 bits per heavy atom. The van der Waals surface area contributed by atoms with Gasteiger partial charge in [0.2, 0.25) is 20.0 Å². The number of halogens is 3. The Balaban J connectivity index is 0.000000591. The number of alkyl halides is 3. The number of nitrogens with zero attached hydrogens (tertiary/aromatic N) is 6. The number of nitrogen functional groups attached to an aromatic ring is 1. The first-order chi connectivity index (χ1) is 21.0. The maximum Gasteiger partial charge on any atom is 0.490 e. The van der Waals surface area contributed by atoms with Crippen molar-refractivity contribution in [1.82, 2.24) is 34.9 Å². The van der Waals surface area contributed by atoms with E-state index in [4.69, 9.17) is 20.8 Å². The SMILES string of the molecule is CN(CCc1ccncc1)S(=O)(=O)c1ccc(-c2cccc3sc(N)nc23)c(-c2nnn[nH]2)c1S(N)(=O)=O.O=C(O)C(F)(F)F. The third-order valence-electron chi connectivity index (χ3n) is 6.11. The van der Waals surface area contributed by atoms with Gasteiger partial charge in [-0.3, -0.25) is 4.98 Å². The molecule has 0 aliphatic rings. The molecule has 3 heterocycles. The molecule has 21 heteroatoms. The van der Waals surface area contributed by atoms with Crippen LogP contribution in [0.1, 0.15) is 5.56 Å². The number of tetrazole rings is 1. The van der Waals surface area contributed by atoms with Gasteiger partial charge >= 0.3 is 12.1 Å². The first-order valence-electron chi connectivity index (χ1n) is 12.3. The summed E-state index contributed by atoms with van der Waals surface area (Å²) in [6.45, 7) is 0.0781. The van der Waals surface area contributed by atoms with Gasteiger partial charge in [0, 0.05) is 31.5 Å². The van der Waals surface area contributed by atoms with Gasteiger partial charge in [-0.05, 0) is 52.2 Å². The van der Waals surface area contributed by atoms with Gasteiger partial charge in [-0.15, -0.1) is 5.10 Å². The average Bonchev–Trinajstić information content (AvgIpc) is 3.64. The molecular formula is C24H22F3N9O6S3. The molecule has 0 bridgehead atoms. The van der Waals surface area contributed by atoms with Gasteiger partial charge in [-0.25, -0.2) is 41.2 Å². The maximum atomic E-state index is 13.7. The van der Waals surface area contributed by atoms with Crippen molar-refractivity contribution in [2.24, 2.45) is 5.14 Å². The van der Waals surface area contributed by atoms with Gasteiger partial charge < -0.3 is 10.8 Å². The van der Waals surface area contributed by atoms with Crippen LogP contribution in [0.5, 0.6) is 0 Å². The van der Waals surface area contributed by atoms with Gasteiger partial charge in [-0.2, -0.15) is 13.2 Å². The zero-order chi connectivity index (χ0) is 33.2. The minimum atomic E-state index is -5.08. The summed E-state index contributed by atoms with van der Waals surface area (Å²) in [5.41, 5.74) is 8.01. The second-order valence-corrected chi connectivity index (χ2v) is 13.6. The molecule has 0 fully saturated rings. The zero-order valence-electron chi connectivity index (χ0n) is 22.8. The quantitative estimate of drug-likeness (QED) is 0.184. The number of fused-ring (bicyclic) bond motifs is 1. The van der Waals surface area contributed by atoms with Crippen LogP contribution in [0.25, 0.3) is 32.7 Å². The summed E-state index contributed by atoms with van der Waals surface area (Å²) in [6, 6.07) is 11.5. The standard InChI is InChI=1S/C22H21N9O4S3.C2HF3O2/c1-31(12-9-13-7-10-25-11-8-13)38(34,35)17-6-5-14(15-3-2-4-16-19(15)26-22(23)36-16)18(20(17)37(24,32)33)21-27-29-30-28-21;3-2(4,5)1(6)7/h2-8,10-11H,9,12H2,1H3,(H2,23,26)(H2,24,32,33)(H,27,28,29,30);(H,6,7). The van der Waals surface area contributed by atoms with E-state index in [-0.39, 0.29) is 17.9 Å². The Kier molecular flexibility index (Phi) is 9.48. The molecule has 0 saturated carbocycles. The number of pyridine rings is 1. The molecule has 45 heavy (non-hydrogen) atoms. The summed E-state index contributed by atoms with van der Waals surface area (Å²) in [4.78, 5) is 16.1. The average molecular weight is 686 g/mol. The topological polar surface area (TPSA) is 241 Å². The largest absolute Gasteiger partial charge is 0.490 e. The molecule has 0 amide bonds. The summed E-state index contributed by atoms with van der Waals surface area (Å²) in [7, 11) is -7.59. The van der Waals surface area contributed by atoms with Crippen molar-refractivity contribution in [3.05, 3.63) is 60.4 Å². The van der Waals surface area contributed by atoms with Crippen LogP contribution in [0.3, 0.4) is 0 Å². The van der Waals surface area contributed by atoms with Crippen LogP contribution in [0.15, 0.2) is 64.6 Å². The Morgan fingerprint density at radius 1 is 1.07 bits per heavy atom. The number of sulfonamides is 2. The molecule has 2 aromatic carbocycles. The van der Waals surface area contributed by atoms with Crippen molar-refractivity contribution < 1.29 is 39.9 Å². The van der Waals surface area contributed by atoms with E-state index in [0.717, 1.165) is 14.6 Å². The summed E-state index contributed by atoms with van der Waals surface area (Å²) < 4.78 is 87.1. The summed E-state index contributed by atoms with van der Waals surface area (Å²) in [5.74, 6) is -2.84. The summed E-state index contributed by atoms with van der Waals surface area (Å²) in [6.07, 6.45) is -1.49. The Morgan fingerprint density at radius 2 is 1.73 bits per heavy atom. The maximum absolute atomic E-state index is 13.7. The Bertz CT molecular complexity index is 2060. The van der Waals surface area contributed by atoms with Gasteiger partial charge in [-0.1, -0.05) is 29.5 Å². The summed E-state index contributed by atoms with van der Waals surface area (Å²) >= 11 is 1.26. The molecule has 0 atom stereocenters. The van der Waals surface area contributed by atoms with Crippen LogP contribution in [0.4, 0.5) is 18.3 Å². The van der Waals surface area contributed by atoms with Crippen molar-refractivity contribution in [3.63, 3.8) is 0 Å². The molecule has 15 nitrogen and oxygen atoms in total. The Labute approximate surface area is 256 Å². The normalized spacial score (nSPS) is 12.2. The molecule has 0 aliphatic heterocycles. The molecule has 0 unspecified atom stereocenters. The van der Waals surface area contributed by atoms with Crippen LogP contribution in [0.2, 0.25) is 0 Å². The highest BCUT2D eigenvalue weighted by Crippen LogP contribution is 2.42. The number of carbonyl (C=O) groups is 1. The fourth-order valence-corrected chi connectivity index (χ4v) is 7.59. The monoisotopic (exact) mass is 685 g/mol. The van der Waals surface area contributed by atoms with E-state index in [2.05, 4.69) is 30.6 Å². The van der Waals surface area contributed by atoms with Crippen LogP contribution < -0.4 is 10.9 Å². The highest BCUT2D eigenvalue weighted by Gasteiger charge is 2.38. The van der Waals surface area contributed by atoms with E-state index in [1.54, 1.807) is 36.7 Å². The number of benzene rings is 2. The number of para-hydroxylation sites is 1. The van der Waals surface area contributed by atoms with Crippen molar-refractivity contribution >= 4 is 52.7 Å². The lowest BCUT2D eigenvalue weighted by molar-refractivity contribution is -0.192. The number of rotatable bonds is 8. The molecule has 0 radical (unpaired) electrons. The predicted octanol–water partition coefficient (Wildman–Crippen LogP) is 2.26. The predicted molar refractivity (Wildman–Crippen MR) is 155 cm³/mol. The number of aliphatic carboxylic acids is 1. The number of hydrogen-bond donors (Lipinski definition) is 4. The number of thiazole rings is 1.